The number of nitrogens with two attached hydrogens (primary N) is 1. The zero-order valence-electron chi connectivity index (χ0n) is 8.95. The number of aromatic nitrogens is 2. The Bertz CT molecular complexity index is 560. The number of benzene rings is 1. The van der Waals surface area contributed by atoms with Crippen molar-refractivity contribution in [3.8, 4) is 17.0 Å². The van der Waals surface area contributed by atoms with Gasteiger partial charge < -0.3 is 10.5 Å². The molecule has 2 rings (SSSR count). The monoisotopic (exact) mass is 269 g/mol. The molecule has 0 fully saturated rings. The summed E-state index contributed by atoms with van der Waals surface area (Å²) >= 11 is 12.0. The topological polar surface area (TPSA) is 61.0 Å². The molecular formula is C11H9Cl2N3O. The number of anilines is 1. The van der Waals surface area contributed by atoms with Crippen LogP contribution in [0.15, 0.2) is 24.4 Å². The van der Waals surface area contributed by atoms with Crippen molar-refractivity contribution in [1.82, 2.24) is 9.97 Å². The van der Waals surface area contributed by atoms with Crippen LogP contribution in [0.5, 0.6) is 5.75 Å². The maximum atomic E-state index is 6.04. The highest BCUT2D eigenvalue weighted by Crippen LogP contribution is 2.37. The van der Waals surface area contributed by atoms with Crippen LogP contribution < -0.4 is 10.5 Å². The summed E-state index contributed by atoms with van der Waals surface area (Å²) in [6.07, 6.45) is 1.56. The van der Waals surface area contributed by atoms with Crippen LogP contribution in [0.2, 0.25) is 10.0 Å². The van der Waals surface area contributed by atoms with Crippen molar-refractivity contribution in [2.45, 2.75) is 0 Å². The molecule has 0 unspecified atom stereocenters. The van der Waals surface area contributed by atoms with Crippen LogP contribution in [-0.2, 0) is 0 Å². The van der Waals surface area contributed by atoms with Gasteiger partial charge in [0.15, 0.2) is 0 Å². The number of ether oxygens (including phenoxy) is 1. The molecule has 0 saturated heterocycles. The molecule has 0 aliphatic heterocycles. The largest absolute Gasteiger partial charge is 0.494 e. The second-order valence-electron chi connectivity index (χ2n) is 3.27. The predicted octanol–water partition coefficient (Wildman–Crippen LogP) is 3.04. The number of hydrogen-bond donors (Lipinski definition) is 1. The van der Waals surface area contributed by atoms with Crippen LogP contribution in [0.4, 0.5) is 5.95 Å². The number of hydrogen-bond acceptors (Lipinski definition) is 4. The standard InChI is InChI=1S/C11H9Cl2N3O/c1-17-10-7(4-6(12)5-8(10)13)9-2-3-15-11(14)16-9/h2-5H,1H3,(H2,14,15,16). The van der Waals surface area contributed by atoms with Crippen molar-refractivity contribution in [3.05, 3.63) is 34.4 Å². The first-order valence-corrected chi connectivity index (χ1v) is 5.49. The highest BCUT2D eigenvalue weighted by Gasteiger charge is 2.13. The Morgan fingerprint density at radius 2 is 2.06 bits per heavy atom. The molecule has 0 amide bonds. The Kier molecular flexibility index (Phi) is 3.36. The highest BCUT2D eigenvalue weighted by molar-refractivity contribution is 6.36. The van der Waals surface area contributed by atoms with Gasteiger partial charge in [0.05, 0.1) is 17.8 Å². The van der Waals surface area contributed by atoms with E-state index in [-0.39, 0.29) is 5.95 Å². The van der Waals surface area contributed by atoms with Crippen LogP contribution in [-0.4, -0.2) is 17.1 Å². The Hall–Kier alpha value is -1.52. The third-order valence-electron chi connectivity index (χ3n) is 2.16. The normalized spacial score (nSPS) is 10.3. The van der Waals surface area contributed by atoms with Crippen molar-refractivity contribution in [3.63, 3.8) is 0 Å². The Morgan fingerprint density at radius 3 is 2.71 bits per heavy atom. The lowest BCUT2D eigenvalue weighted by Gasteiger charge is -2.10. The van der Waals surface area contributed by atoms with Gasteiger partial charge in [-0.05, 0) is 18.2 Å². The first-order valence-electron chi connectivity index (χ1n) is 4.73. The minimum atomic E-state index is 0.181. The Labute approximate surface area is 108 Å². The molecular weight excluding hydrogens is 261 g/mol. The lowest BCUT2D eigenvalue weighted by molar-refractivity contribution is 0.416. The number of rotatable bonds is 2. The van der Waals surface area contributed by atoms with Crippen LogP contribution in [0, 0.1) is 0 Å². The maximum Gasteiger partial charge on any atom is 0.220 e. The molecule has 0 aliphatic carbocycles. The summed E-state index contributed by atoms with van der Waals surface area (Å²) in [5, 5.41) is 0.926. The summed E-state index contributed by atoms with van der Waals surface area (Å²) in [6, 6.07) is 5.03. The van der Waals surface area contributed by atoms with E-state index in [9.17, 15) is 0 Å². The maximum absolute atomic E-state index is 6.04. The van der Waals surface area contributed by atoms with Gasteiger partial charge in [0.2, 0.25) is 5.95 Å². The third-order valence-corrected chi connectivity index (χ3v) is 2.66. The molecule has 0 atom stereocenters. The molecule has 0 aliphatic rings. The lowest BCUT2D eigenvalue weighted by atomic mass is 10.1. The minimum Gasteiger partial charge on any atom is -0.494 e. The van der Waals surface area contributed by atoms with Crippen LogP contribution in [0.1, 0.15) is 0 Å². The molecule has 17 heavy (non-hydrogen) atoms. The van der Waals surface area contributed by atoms with Crippen LogP contribution in [0.25, 0.3) is 11.3 Å². The summed E-state index contributed by atoms with van der Waals surface area (Å²) in [5.41, 5.74) is 6.82. The third kappa shape index (κ3) is 2.43. The van der Waals surface area contributed by atoms with Crippen molar-refractivity contribution >= 4 is 29.2 Å². The van der Waals surface area contributed by atoms with E-state index in [1.165, 1.54) is 7.11 Å². The molecule has 88 valence electrons. The minimum absolute atomic E-state index is 0.181. The Morgan fingerprint density at radius 1 is 1.29 bits per heavy atom. The molecule has 0 bridgehead atoms. The average Bonchev–Trinajstić information content (AvgIpc) is 2.28. The van der Waals surface area contributed by atoms with E-state index in [0.717, 1.165) is 0 Å². The smallest absolute Gasteiger partial charge is 0.220 e. The van der Waals surface area contributed by atoms with Gasteiger partial charge in [-0.15, -0.1) is 0 Å². The fraction of sp³-hybridized carbons (Fsp3) is 0.0909. The van der Waals surface area contributed by atoms with Gasteiger partial charge in [-0.1, -0.05) is 23.2 Å². The van der Waals surface area contributed by atoms with Crippen LogP contribution >= 0.6 is 23.2 Å². The summed E-state index contributed by atoms with van der Waals surface area (Å²) in [7, 11) is 1.53. The quantitative estimate of drug-likeness (QED) is 0.911. The van der Waals surface area contributed by atoms with E-state index in [4.69, 9.17) is 33.7 Å². The van der Waals surface area contributed by atoms with Crippen molar-refractivity contribution in [2.24, 2.45) is 0 Å². The molecule has 2 aromatic rings. The van der Waals surface area contributed by atoms with Gasteiger partial charge in [-0.3, -0.25) is 0 Å². The molecule has 1 aromatic heterocycles. The van der Waals surface area contributed by atoms with E-state index in [1.807, 2.05) is 0 Å². The van der Waals surface area contributed by atoms with Gasteiger partial charge >= 0.3 is 0 Å². The van der Waals surface area contributed by atoms with Gasteiger partial charge in [0.25, 0.3) is 0 Å². The predicted molar refractivity (Wildman–Crippen MR) is 68.5 cm³/mol. The molecule has 1 heterocycles. The fourth-order valence-corrected chi connectivity index (χ4v) is 2.05. The lowest BCUT2D eigenvalue weighted by Crippen LogP contribution is -1.97. The fourth-order valence-electron chi connectivity index (χ4n) is 1.48. The van der Waals surface area contributed by atoms with E-state index in [1.54, 1.807) is 24.4 Å². The van der Waals surface area contributed by atoms with E-state index in [0.29, 0.717) is 27.1 Å². The molecule has 0 saturated carbocycles. The summed E-state index contributed by atoms with van der Waals surface area (Å²) in [4.78, 5) is 7.93. The average molecular weight is 270 g/mol. The zero-order valence-corrected chi connectivity index (χ0v) is 10.5. The molecule has 6 heteroatoms. The van der Waals surface area contributed by atoms with Crippen molar-refractivity contribution < 1.29 is 4.74 Å². The molecule has 2 N–H and O–H groups in total. The first-order chi connectivity index (χ1) is 8.11. The SMILES string of the molecule is COc1c(Cl)cc(Cl)cc1-c1ccnc(N)n1. The summed E-state index contributed by atoms with van der Waals surface area (Å²) in [6.45, 7) is 0. The summed E-state index contributed by atoms with van der Waals surface area (Å²) in [5.74, 6) is 0.690. The Balaban J connectivity index is 2.65. The van der Waals surface area contributed by atoms with E-state index >= 15 is 0 Å². The van der Waals surface area contributed by atoms with E-state index < -0.39 is 0 Å². The molecule has 0 spiro atoms. The van der Waals surface area contributed by atoms with Crippen molar-refractivity contribution in [1.29, 1.82) is 0 Å². The highest BCUT2D eigenvalue weighted by atomic mass is 35.5. The van der Waals surface area contributed by atoms with Crippen LogP contribution in [0.3, 0.4) is 0 Å². The van der Waals surface area contributed by atoms with Gasteiger partial charge in [0, 0.05) is 16.8 Å². The second-order valence-corrected chi connectivity index (χ2v) is 4.11. The zero-order chi connectivity index (χ0) is 12.4. The number of halogens is 2. The van der Waals surface area contributed by atoms with E-state index in [2.05, 4.69) is 9.97 Å². The summed E-state index contributed by atoms with van der Waals surface area (Å²) < 4.78 is 5.23. The second kappa shape index (κ2) is 4.77. The molecule has 1 aromatic carbocycles. The van der Waals surface area contributed by atoms with Gasteiger partial charge in [0.1, 0.15) is 5.75 Å². The molecule has 4 nitrogen and oxygen atoms in total. The first kappa shape index (κ1) is 12.0. The van der Waals surface area contributed by atoms with Gasteiger partial charge in [-0.2, -0.15) is 0 Å². The number of methoxy groups -OCH3 is 1. The number of nitrogens with zero attached hydrogens (tertiary/aromatic N) is 2. The molecule has 0 radical (unpaired) electrons. The number of nitrogen functional groups attached to an aromatic ring is 1. The van der Waals surface area contributed by atoms with Crippen molar-refractivity contribution in [2.75, 3.05) is 12.8 Å². The van der Waals surface area contributed by atoms with Gasteiger partial charge in [-0.25, -0.2) is 9.97 Å².